The van der Waals surface area contributed by atoms with Crippen LogP contribution in [0.4, 0.5) is 4.79 Å². The Morgan fingerprint density at radius 3 is 2.48 bits per heavy atom. The maximum atomic E-state index is 12.3. The second-order valence-corrected chi connectivity index (χ2v) is 9.59. The lowest BCUT2D eigenvalue weighted by Crippen LogP contribution is -2.41. The fourth-order valence-corrected chi connectivity index (χ4v) is 3.73. The molecule has 1 aliphatic rings. The van der Waals surface area contributed by atoms with Gasteiger partial charge in [-0.2, -0.15) is 0 Å². The van der Waals surface area contributed by atoms with E-state index in [1.807, 2.05) is 31.2 Å². The number of hydrogen-bond acceptors (Lipinski definition) is 7. The van der Waals surface area contributed by atoms with Gasteiger partial charge in [0, 0.05) is 32.1 Å². The fourth-order valence-electron chi connectivity index (χ4n) is 3.21. The van der Waals surface area contributed by atoms with E-state index in [9.17, 15) is 18.0 Å². The predicted molar refractivity (Wildman–Crippen MR) is 113 cm³/mol. The summed E-state index contributed by atoms with van der Waals surface area (Å²) in [6.07, 6.45) is 3.37. The van der Waals surface area contributed by atoms with Gasteiger partial charge in [0.2, 0.25) is 15.0 Å². The number of nitrogens with one attached hydrogen (secondary N) is 1. The van der Waals surface area contributed by atoms with E-state index in [1.165, 1.54) is 12.3 Å². The first-order chi connectivity index (χ1) is 14.7. The molecular formula is C21H26N4O5S. The van der Waals surface area contributed by atoms with Crippen LogP contribution in [0.2, 0.25) is 0 Å². The number of hydrogen-bond donors (Lipinski definition) is 1. The summed E-state index contributed by atoms with van der Waals surface area (Å²) in [5.41, 5.74) is 2.10. The highest BCUT2D eigenvalue weighted by atomic mass is 32.2. The summed E-state index contributed by atoms with van der Waals surface area (Å²) in [6.45, 7) is 3.77. The first-order valence-corrected chi connectivity index (χ1v) is 11.9. The number of carbonyl (C=O) groups is 2. The molecule has 0 radical (unpaired) electrons. The van der Waals surface area contributed by atoms with Crippen molar-refractivity contribution in [2.45, 2.75) is 31.5 Å². The SMILES string of the molecule is Cc1ccc(COC(=O)N2CCC(CNC(=O)c3ccnc(S(C)(=O)=O)n3)CC2)cc1. The molecule has 2 aromatic rings. The number of amides is 2. The molecule has 31 heavy (non-hydrogen) atoms. The number of ether oxygens (including phenoxy) is 1. The van der Waals surface area contributed by atoms with Crippen molar-refractivity contribution < 1.29 is 22.7 Å². The number of aryl methyl sites for hydroxylation is 1. The third-order valence-electron chi connectivity index (χ3n) is 5.10. The van der Waals surface area contributed by atoms with Gasteiger partial charge in [-0.15, -0.1) is 0 Å². The number of aromatic nitrogens is 2. The number of rotatable bonds is 6. The highest BCUT2D eigenvalue weighted by molar-refractivity contribution is 7.90. The number of benzene rings is 1. The van der Waals surface area contributed by atoms with Crippen molar-refractivity contribution in [2.24, 2.45) is 5.92 Å². The van der Waals surface area contributed by atoms with Crippen LogP contribution in [0.25, 0.3) is 0 Å². The Labute approximate surface area is 181 Å². The minimum Gasteiger partial charge on any atom is -0.445 e. The first-order valence-electron chi connectivity index (χ1n) is 10.0. The molecule has 9 nitrogen and oxygen atoms in total. The van der Waals surface area contributed by atoms with Gasteiger partial charge in [0.1, 0.15) is 12.3 Å². The van der Waals surface area contributed by atoms with Crippen LogP contribution in [0.5, 0.6) is 0 Å². The van der Waals surface area contributed by atoms with Crippen LogP contribution in [-0.4, -0.2) is 61.2 Å². The molecule has 0 spiro atoms. The number of sulfone groups is 1. The Morgan fingerprint density at radius 1 is 1.16 bits per heavy atom. The van der Waals surface area contributed by atoms with Crippen LogP contribution >= 0.6 is 0 Å². The zero-order valence-electron chi connectivity index (χ0n) is 17.6. The second-order valence-electron chi connectivity index (χ2n) is 7.68. The fraction of sp³-hybridized carbons (Fsp3) is 0.429. The Hall–Kier alpha value is -3.01. The molecule has 0 bridgehead atoms. The van der Waals surface area contributed by atoms with Crippen LogP contribution < -0.4 is 5.32 Å². The number of piperidine rings is 1. The van der Waals surface area contributed by atoms with Crippen LogP contribution in [0, 0.1) is 12.8 Å². The van der Waals surface area contributed by atoms with Crippen LogP contribution in [-0.2, 0) is 21.2 Å². The largest absolute Gasteiger partial charge is 0.445 e. The van der Waals surface area contributed by atoms with E-state index in [2.05, 4.69) is 15.3 Å². The van der Waals surface area contributed by atoms with Crippen molar-refractivity contribution >= 4 is 21.8 Å². The van der Waals surface area contributed by atoms with E-state index < -0.39 is 15.7 Å². The smallest absolute Gasteiger partial charge is 0.410 e. The van der Waals surface area contributed by atoms with E-state index in [0.717, 1.165) is 30.2 Å². The summed E-state index contributed by atoms with van der Waals surface area (Å²) < 4.78 is 28.5. The van der Waals surface area contributed by atoms with Gasteiger partial charge in [-0.3, -0.25) is 4.79 Å². The summed E-state index contributed by atoms with van der Waals surface area (Å²) in [6, 6.07) is 9.21. The van der Waals surface area contributed by atoms with Crippen molar-refractivity contribution in [1.82, 2.24) is 20.2 Å². The summed E-state index contributed by atoms with van der Waals surface area (Å²) in [5.74, 6) is -0.242. The van der Waals surface area contributed by atoms with Crippen LogP contribution in [0.15, 0.2) is 41.7 Å². The maximum absolute atomic E-state index is 12.3. The van der Waals surface area contributed by atoms with E-state index in [1.54, 1.807) is 4.90 Å². The van der Waals surface area contributed by atoms with E-state index >= 15 is 0 Å². The lowest BCUT2D eigenvalue weighted by molar-refractivity contribution is 0.0799. The molecule has 10 heteroatoms. The molecular weight excluding hydrogens is 420 g/mol. The van der Waals surface area contributed by atoms with Gasteiger partial charge in [-0.25, -0.2) is 23.2 Å². The molecule has 166 valence electrons. The van der Waals surface area contributed by atoms with E-state index in [4.69, 9.17) is 4.74 Å². The minimum atomic E-state index is -3.58. The van der Waals surface area contributed by atoms with E-state index in [0.29, 0.717) is 19.6 Å². The number of carbonyl (C=O) groups excluding carboxylic acids is 2. The van der Waals surface area contributed by atoms with Crippen molar-refractivity contribution in [3.8, 4) is 0 Å². The Balaban J connectivity index is 1.42. The third-order valence-corrected chi connectivity index (χ3v) is 5.96. The summed E-state index contributed by atoms with van der Waals surface area (Å²) in [4.78, 5) is 33.7. The third kappa shape index (κ3) is 6.48. The molecule has 1 aromatic heterocycles. The molecule has 0 saturated carbocycles. The molecule has 1 aliphatic heterocycles. The highest BCUT2D eigenvalue weighted by Gasteiger charge is 2.24. The molecule has 1 saturated heterocycles. The van der Waals surface area contributed by atoms with Crippen LogP contribution in [0.1, 0.15) is 34.5 Å². The number of nitrogens with zero attached hydrogens (tertiary/aromatic N) is 3. The lowest BCUT2D eigenvalue weighted by atomic mass is 9.97. The second kappa shape index (κ2) is 9.86. The van der Waals surface area contributed by atoms with Gasteiger partial charge in [0.15, 0.2) is 0 Å². The van der Waals surface area contributed by atoms with Gasteiger partial charge >= 0.3 is 6.09 Å². The molecule has 0 unspecified atom stereocenters. The lowest BCUT2D eigenvalue weighted by Gasteiger charge is -2.31. The Kier molecular flexibility index (Phi) is 7.21. The Bertz CT molecular complexity index is 1030. The number of likely N-dealkylation sites (tertiary alicyclic amines) is 1. The molecule has 1 fully saturated rings. The molecule has 0 aliphatic carbocycles. The van der Waals surface area contributed by atoms with Crippen molar-refractivity contribution in [3.63, 3.8) is 0 Å². The summed E-state index contributed by atoms with van der Waals surface area (Å²) in [5, 5.41) is 2.41. The molecule has 1 aromatic carbocycles. The van der Waals surface area contributed by atoms with Crippen LogP contribution in [0.3, 0.4) is 0 Å². The van der Waals surface area contributed by atoms with Gasteiger partial charge in [-0.1, -0.05) is 29.8 Å². The molecule has 2 heterocycles. The van der Waals surface area contributed by atoms with Gasteiger partial charge in [0.05, 0.1) is 0 Å². The summed E-state index contributed by atoms with van der Waals surface area (Å²) >= 11 is 0. The molecule has 3 rings (SSSR count). The maximum Gasteiger partial charge on any atom is 0.410 e. The molecule has 2 amide bonds. The zero-order chi connectivity index (χ0) is 22.4. The predicted octanol–water partition coefficient (Wildman–Crippen LogP) is 1.97. The van der Waals surface area contributed by atoms with Crippen molar-refractivity contribution in [2.75, 3.05) is 25.9 Å². The standard InChI is InChI=1S/C21H26N4O5S/c1-15-3-5-17(6-4-15)14-30-21(27)25-11-8-16(9-12-25)13-23-19(26)18-7-10-22-20(24-18)31(2,28)29/h3-7,10,16H,8-9,11-14H2,1-2H3,(H,23,26). The highest BCUT2D eigenvalue weighted by Crippen LogP contribution is 2.18. The van der Waals surface area contributed by atoms with E-state index in [-0.39, 0.29) is 29.5 Å². The first kappa shape index (κ1) is 22.7. The molecule has 0 atom stereocenters. The minimum absolute atomic E-state index is 0.00699. The van der Waals surface area contributed by atoms with Crippen molar-refractivity contribution in [3.05, 3.63) is 53.3 Å². The normalized spacial score (nSPS) is 14.8. The van der Waals surface area contributed by atoms with Gasteiger partial charge in [-0.05, 0) is 37.3 Å². The summed E-state index contributed by atoms with van der Waals surface area (Å²) in [7, 11) is -3.58. The monoisotopic (exact) mass is 446 g/mol. The average molecular weight is 447 g/mol. The van der Waals surface area contributed by atoms with Crippen molar-refractivity contribution in [1.29, 1.82) is 0 Å². The van der Waals surface area contributed by atoms with Gasteiger partial charge < -0.3 is 15.0 Å². The Morgan fingerprint density at radius 2 is 1.84 bits per heavy atom. The topological polar surface area (TPSA) is 119 Å². The van der Waals surface area contributed by atoms with Gasteiger partial charge in [0.25, 0.3) is 5.91 Å². The molecule has 1 N–H and O–H groups in total. The quantitative estimate of drug-likeness (QED) is 0.674. The zero-order valence-corrected chi connectivity index (χ0v) is 18.4. The average Bonchev–Trinajstić information content (AvgIpc) is 2.76.